The Labute approximate surface area is 108 Å². The van der Waals surface area contributed by atoms with Gasteiger partial charge in [0.05, 0.1) is 11.9 Å². The Kier molecular flexibility index (Phi) is 3.06. The van der Waals surface area contributed by atoms with Gasteiger partial charge in [0, 0.05) is 38.4 Å². The molecular formula is C14H20N4. The zero-order valence-electron chi connectivity index (χ0n) is 11.1. The second-order valence-electron chi connectivity index (χ2n) is 5.27. The number of hydrogen-bond donors (Lipinski definition) is 1. The molecule has 0 aliphatic carbocycles. The van der Waals surface area contributed by atoms with Crippen molar-refractivity contribution in [2.75, 3.05) is 19.6 Å². The highest BCUT2D eigenvalue weighted by Crippen LogP contribution is 2.12. The lowest BCUT2D eigenvalue weighted by molar-refractivity contribution is 0.197. The molecule has 2 aromatic rings. The van der Waals surface area contributed by atoms with Gasteiger partial charge in [-0.25, -0.2) is 4.98 Å². The van der Waals surface area contributed by atoms with Crippen molar-refractivity contribution in [3.8, 4) is 0 Å². The van der Waals surface area contributed by atoms with Gasteiger partial charge >= 0.3 is 0 Å². The fourth-order valence-electron chi connectivity index (χ4n) is 2.64. The van der Waals surface area contributed by atoms with Crippen molar-refractivity contribution in [3.05, 3.63) is 35.8 Å². The van der Waals surface area contributed by atoms with E-state index in [2.05, 4.69) is 51.8 Å². The Hall–Kier alpha value is -1.39. The molecule has 96 valence electrons. The number of fused-ring (bicyclic) bond motifs is 1. The first-order valence-corrected chi connectivity index (χ1v) is 6.61. The highest BCUT2D eigenvalue weighted by molar-refractivity contribution is 5.42. The molecule has 0 saturated carbocycles. The topological polar surface area (TPSA) is 32.6 Å². The van der Waals surface area contributed by atoms with E-state index < -0.39 is 0 Å². The van der Waals surface area contributed by atoms with Crippen LogP contribution in [0.5, 0.6) is 0 Å². The maximum absolute atomic E-state index is 4.48. The fourth-order valence-corrected chi connectivity index (χ4v) is 2.64. The van der Waals surface area contributed by atoms with Crippen LogP contribution in [0.25, 0.3) is 5.65 Å². The summed E-state index contributed by atoms with van der Waals surface area (Å²) in [4.78, 5) is 6.98. The molecule has 0 radical (unpaired) electrons. The Bertz CT molecular complexity index is 546. The highest BCUT2D eigenvalue weighted by atomic mass is 15.2. The van der Waals surface area contributed by atoms with Crippen LogP contribution in [-0.2, 0) is 6.54 Å². The zero-order valence-corrected chi connectivity index (χ0v) is 11.1. The number of nitrogens with one attached hydrogen (secondary N) is 1. The van der Waals surface area contributed by atoms with E-state index in [1.54, 1.807) is 0 Å². The number of rotatable bonds is 2. The Morgan fingerprint density at radius 1 is 1.50 bits per heavy atom. The van der Waals surface area contributed by atoms with E-state index in [-0.39, 0.29) is 0 Å². The lowest BCUT2D eigenvalue weighted by Crippen LogP contribution is -2.48. The Morgan fingerprint density at radius 3 is 3.22 bits per heavy atom. The second-order valence-corrected chi connectivity index (χ2v) is 5.27. The van der Waals surface area contributed by atoms with Gasteiger partial charge in [-0.05, 0) is 31.5 Å². The van der Waals surface area contributed by atoms with Gasteiger partial charge in [0.1, 0.15) is 5.65 Å². The van der Waals surface area contributed by atoms with Crippen molar-refractivity contribution in [2.45, 2.75) is 26.4 Å². The number of pyridine rings is 1. The van der Waals surface area contributed by atoms with E-state index in [4.69, 9.17) is 0 Å². The number of hydrogen-bond acceptors (Lipinski definition) is 3. The van der Waals surface area contributed by atoms with Gasteiger partial charge in [-0.2, -0.15) is 0 Å². The van der Waals surface area contributed by atoms with Crippen LogP contribution in [-0.4, -0.2) is 40.0 Å². The third-order valence-electron chi connectivity index (χ3n) is 3.58. The van der Waals surface area contributed by atoms with Gasteiger partial charge in [0.25, 0.3) is 0 Å². The van der Waals surface area contributed by atoms with Gasteiger partial charge < -0.3 is 9.72 Å². The smallest absolute Gasteiger partial charge is 0.137 e. The van der Waals surface area contributed by atoms with Crippen LogP contribution >= 0.6 is 0 Å². The molecule has 4 heteroatoms. The van der Waals surface area contributed by atoms with E-state index in [0.29, 0.717) is 6.04 Å². The minimum atomic E-state index is 0.584. The molecule has 1 fully saturated rings. The molecule has 1 saturated heterocycles. The first kappa shape index (κ1) is 11.7. The van der Waals surface area contributed by atoms with Crippen LogP contribution in [0.3, 0.4) is 0 Å². The van der Waals surface area contributed by atoms with E-state index >= 15 is 0 Å². The normalized spacial score (nSPS) is 21.6. The maximum Gasteiger partial charge on any atom is 0.137 e. The monoisotopic (exact) mass is 244 g/mol. The number of aryl methyl sites for hydroxylation is 1. The molecule has 1 unspecified atom stereocenters. The molecule has 3 rings (SSSR count). The summed E-state index contributed by atoms with van der Waals surface area (Å²) >= 11 is 0. The first-order chi connectivity index (χ1) is 8.72. The summed E-state index contributed by atoms with van der Waals surface area (Å²) in [5.41, 5.74) is 3.59. The summed E-state index contributed by atoms with van der Waals surface area (Å²) in [6.07, 6.45) is 4.13. The van der Waals surface area contributed by atoms with Crippen molar-refractivity contribution >= 4 is 5.65 Å². The molecule has 1 atom stereocenters. The van der Waals surface area contributed by atoms with Gasteiger partial charge in [0.15, 0.2) is 0 Å². The molecule has 2 aromatic heterocycles. The standard InChI is InChI=1S/C14H20N4/c1-11-3-5-18-13(8-16-14(18)7-11)10-17-6-4-15-12(2)9-17/h3,5,7-8,12,15H,4,6,9-10H2,1-2H3. The minimum absolute atomic E-state index is 0.584. The lowest BCUT2D eigenvalue weighted by Gasteiger charge is -2.31. The van der Waals surface area contributed by atoms with E-state index in [9.17, 15) is 0 Å². The van der Waals surface area contributed by atoms with Crippen LogP contribution in [0, 0.1) is 6.92 Å². The predicted molar refractivity (Wildman–Crippen MR) is 72.7 cm³/mol. The van der Waals surface area contributed by atoms with Crippen molar-refractivity contribution in [1.82, 2.24) is 19.6 Å². The second kappa shape index (κ2) is 4.71. The van der Waals surface area contributed by atoms with E-state index in [1.807, 2.05) is 6.20 Å². The largest absolute Gasteiger partial charge is 0.312 e. The predicted octanol–water partition coefficient (Wildman–Crippen LogP) is 1.44. The minimum Gasteiger partial charge on any atom is -0.312 e. The Balaban J connectivity index is 1.82. The number of piperazine rings is 1. The molecule has 1 aliphatic heterocycles. The molecule has 0 aromatic carbocycles. The first-order valence-electron chi connectivity index (χ1n) is 6.61. The number of nitrogens with zero attached hydrogens (tertiary/aromatic N) is 3. The molecule has 0 spiro atoms. The van der Waals surface area contributed by atoms with Crippen molar-refractivity contribution in [2.24, 2.45) is 0 Å². The fraction of sp³-hybridized carbons (Fsp3) is 0.500. The molecule has 0 bridgehead atoms. The van der Waals surface area contributed by atoms with Gasteiger partial charge in [-0.1, -0.05) is 0 Å². The third-order valence-corrected chi connectivity index (χ3v) is 3.58. The molecule has 1 aliphatic rings. The molecule has 3 heterocycles. The number of aromatic nitrogens is 2. The number of imidazole rings is 1. The highest BCUT2D eigenvalue weighted by Gasteiger charge is 2.16. The summed E-state index contributed by atoms with van der Waals surface area (Å²) < 4.78 is 2.19. The lowest BCUT2D eigenvalue weighted by atomic mass is 10.2. The van der Waals surface area contributed by atoms with Crippen LogP contribution in [0.15, 0.2) is 24.5 Å². The molecule has 4 nitrogen and oxygen atoms in total. The molecule has 0 amide bonds. The maximum atomic E-state index is 4.48. The van der Waals surface area contributed by atoms with Crippen molar-refractivity contribution in [1.29, 1.82) is 0 Å². The summed E-state index contributed by atoms with van der Waals surface area (Å²) in [7, 11) is 0. The molecular weight excluding hydrogens is 224 g/mol. The van der Waals surface area contributed by atoms with Crippen LogP contribution in [0.2, 0.25) is 0 Å². The summed E-state index contributed by atoms with van der Waals surface area (Å²) in [6.45, 7) is 8.63. The Morgan fingerprint density at radius 2 is 2.39 bits per heavy atom. The summed E-state index contributed by atoms with van der Waals surface area (Å²) in [5.74, 6) is 0. The molecule has 1 N–H and O–H groups in total. The van der Waals surface area contributed by atoms with Crippen molar-refractivity contribution in [3.63, 3.8) is 0 Å². The van der Waals surface area contributed by atoms with Crippen LogP contribution < -0.4 is 5.32 Å². The van der Waals surface area contributed by atoms with E-state index in [1.165, 1.54) is 11.3 Å². The SMILES string of the molecule is Cc1ccn2c(CN3CCNC(C)C3)cnc2c1. The third kappa shape index (κ3) is 2.26. The van der Waals surface area contributed by atoms with E-state index in [0.717, 1.165) is 31.8 Å². The quantitative estimate of drug-likeness (QED) is 0.867. The summed E-state index contributed by atoms with van der Waals surface area (Å²) in [5, 5.41) is 3.47. The van der Waals surface area contributed by atoms with Gasteiger partial charge in [-0.3, -0.25) is 4.90 Å². The van der Waals surface area contributed by atoms with Crippen LogP contribution in [0.1, 0.15) is 18.2 Å². The van der Waals surface area contributed by atoms with Crippen molar-refractivity contribution < 1.29 is 0 Å². The van der Waals surface area contributed by atoms with Gasteiger partial charge in [0.2, 0.25) is 0 Å². The van der Waals surface area contributed by atoms with Crippen LogP contribution in [0.4, 0.5) is 0 Å². The van der Waals surface area contributed by atoms with Gasteiger partial charge in [-0.15, -0.1) is 0 Å². The average Bonchev–Trinajstić information content (AvgIpc) is 2.72. The molecule has 18 heavy (non-hydrogen) atoms. The summed E-state index contributed by atoms with van der Waals surface area (Å²) in [6, 6.07) is 4.85. The average molecular weight is 244 g/mol. The zero-order chi connectivity index (χ0) is 12.5.